The van der Waals surface area contributed by atoms with E-state index in [1.807, 2.05) is 6.92 Å². The van der Waals surface area contributed by atoms with E-state index in [4.69, 9.17) is 16.7 Å². The van der Waals surface area contributed by atoms with Crippen LogP contribution in [0.3, 0.4) is 0 Å². The van der Waals surface area contributed by atoms with E-state index >= 15 is 0 Å². The zero-order valence-corrected chi connectivity index (χ0v) is 13.3. The van der Waals surface area contributed by atoms with Gasteiger partial charge in [-0.2, -0.15) is 0 Å². The van der Waals surface area contributed by atoms with Gasteiger partial charge in [-0.3, -0.25) is 4.79 Å². The minimum Gasteiger partial charge on any atom is -0.481 e. The van der Waals surface area contributed by atoms with Crippen LogP contribution in [-0.2, 0) is 14.8 Å². The lowest BCUT2D eigenvalue weighted by Crippen LogP contribution is -2.43. The third-order valence-electron chi connectivity index (χ3n) is 3.95. The number of hydrogen-bond donors (Lipinski definition) is 2. The highest BCUT2D eigenvalue weighted by Gasteiger charge is 2.40. The third-order valence-corrected chi connectivity index (χ3v) is 5.84. The van der Waals surface area contributed by atoms with Crippen LogP contribution in [0.1, 0.15) is 31.2 Å². The highest BCUT2D eigenvalue weighted by atomic mass is 35.5. The molecule has 0 amide bonds. The van der Waals surface area contributed by atoms with Gasteiger partial charge in [0.15, 0.2) is 0 Å². The van der Waals surface area contributed by atoms with Crippen LogP contribution in [0.4, 0.5) is 0 Å². The number of carboxylic acids is 1. The summed E-state index contributed by atoms with van der Waals surface area (Å²) in [5.74, 6) is -0.901. The van der Waals surface area contributed by atoms with E-state index in [1.54, 1.807) is 12.1 Å². The van der Waals surface area contributed by atoms with E-state index in [9.17, 15) is 13.2 Å². The zero-order valence-electron chi connectivity index (χ0n) is 11.7. The maximum Gasteiger partial charge on any atom is 0.303 e. The van der Waals surface area contributed by atoms with Crippen LogP contribution in [0.25, 0.3) is 0 Å². The largest absolute Gasteiger partial charge is 0.481 e. The molecule has 0 spiro atoms. The van der Waals surface area contributed by atoms with Gasteiger partial charge in [0, 0.05) is 6.54 Å². The van der Waals surface area contributed by atoms with Crippen LogP contribution in [0.2, 0.25) is 5.02 Å². The third kappa shape index (κ3) is 3.75. The van der Waals surface area contributed by atoms with Gasteiger partial charge in [0.25, 0.3) is 0 Å². The number of aliphatic carboxylic acids is 1. The highest BCUT2D eigenvalue weighted by molar-refractivity contribution is 7.89. The average molecular weight is 332 g/mol. The number of halogens is 1. The van der Waals surface area contributed by atoms with Crippen LogP contribution in [0, 0.1) is 12.3 Å². The summed E-state index contributed by atoms with van der Waals surface area (Å²) < 4.78 is 27.1. The average Bonchev–Trinajstić information content (AvgIpc) is 2.31. The molecule has 0 unspecified atom stereocenters. The van der Waals surface area contributed by atoms with Crippen LogP contribution < -0.4 is 4.72 Å². The molecular weight excluding hydrogens is 314 g/mol. The summed E-state index contributed by atoms with van der Waals surface area (Å²) in [4.78, 5) is 10.9. The van der Waals surface area contributed by atoms with Crippen molar-refractivity contribution in [3.8, 4) is 0 Å². The molecule has 0 aromatic heterocycles. The molecule has 1 fully saturated rings. The number of benzene rings is 1. The summed E-state index contributed by atoms with van der Waals surface area (Å²) in [7, 11) is -3.73. The Morgan fingerprint density at radius 1 is 1.43 bits per heavy atom. The highest BCUT2D eigenvalue weighted by Crippen LogP contribution is 2.43. The summed E-state index contributed by atoms with van der Waals surface area (Å²) in [6.45, 7) is 1.96. The lowest BCUT2D eigenvalue weighted by Gasteiger charge is -2.40. The molecule has 1 aliphatic carbocycles. The van der Waals surface area contributed by atoms with E-state index in [-0.39, 0.29) is 22.9 Å². The molecule has 0 heterocycles. The Hall–Kier alpha value is -1.11. The van der Waals surface area contributed by atoms with E-state index in [2.05, 4.69) is 4.72 Å². The Kier molecular flexibility index (Phi) is 4.60. The van der Waals surface area contributed by atoms with Crippen LogP contribution >= 0.6 is 11.6 Å². The molecule has 0 saturated heterocycles. The molecule has 1 aromatic rings. The molecule has 1 aromatic carbocycles. The van der Waals surface area contributed by atoms with Crippen molar-refractivity contribution in [1.29, 1.82) is 0 Å². The monoisotopic (exact) mass is 331 g/mol. The van der Waals surface area contributed by atoms with Gasteiger partial charge in [0.2, 0.25) is 10.0 Å². The first-order valence-electron chi connectivity index (χ1n) is 6.72. The number of carboxylic acid groups (broad SMARTS) is 1. The van der Waals surface area contributed by atoms with Crippen molar-refractivity contribution in [2.24, 2.45) is 5.41 Å². The molecule has 0 aliphatic heterocycles. The number of rotatable bonds is 6. The first-order chi connectivity index (χ1) is 9.74. The van der Waals surface area contributed by atoms with Crippen molar-refractivity contribution in [2.75, 3.05) is 6.54 Å². The van der Waals surface area contributed by atoms with Crippen molar-refractivity contribution in [1.82, 2.24) is 4.72 Å². The molecule has 1 saturated carbocycles. The van der Waals surface area contributed by atoms with Gasteiger partial charge in [0.05, 0.1) is 11.4 Å². The smallest absolute Gasteiger partial charge is 0.303 e. The normalized spacial score (nSPS) is 17.2. The molecule has 2 N–H and O–H groups in total. The lowest BCUT2D eigenvalue weighted by atomic mass is 9.67. The summed E-state index contributed by atoms with van der Waals surface area (Å²) >= 11 is 5.98. The molecule has 5 nitrogen and oxygen atoms in total. The van der Waals surface area contributed by atoms with Crippen LogP contribution in [0.5, 0.6) is 0 Å². The number of aryl methyl sites for hydroxylation is 1. The maximum atomic E-state index is 12.3. The molecular formula is C14H18ClNO4S. The summed E-state index contributed by atoms with van der Waals surface area (Å²) in [5, 5.41) is 9.11. The van der Waals surface area contributed by atoms with Gasteiger partial charge >= 0.3 is 5.97 Å². The zero-order chi connectivity index (χ0) is 15.7. The van der Waals surface area contributed by atoms with Gasteiger partial charge in [-0.1, -0.05) is 24.1 Å². The second-order valence-electron chi connectivity index (χ2n) is 5.68. The Morgan fingerprint density at radius 3 is 2.57 bits per heavy atom. The van der Waals surface area contributed by atoms with Crippen molar-refractivity contribution in [3.05, 3.63) is 28.8 Å². The fraction of sp³-hybridized carbons (Fsp3) is 0.500. The molecule has 116 valence electrons. The summed E-state index contributed by atoms with van der Waals surface area (Å²) in [5.41, 5.74) is 0.413. The molecule has 2 rings (SSSR count). The predicted molar refractivity (Wildman–Crippen MR) is 79.9 cm³/mol. The standard InChI is InChI=1S/C14H18ClNO4S/c1-10-3-4-12(11(15)7-10)21(19,20)16-9-14(5-2-6-14)8-13(17)18/h3-4,7,16H,2,5-6,8-9H2,1H3,(H,17,18). The van der Waals surface area contributed by atoms with Gasteiger partial charge < -0.3 is 5.11 Å². The van der Waals surface area contributed by atoms with Gasteiger partial charge in [-0.25, -0.2) is 13.1 Å². The quantitative estimate of drug-likeness (QED) is 0.839. The summed E-state index contributed by atoms with van der Waals surface area (Å²) in [6.07, 6.45) is 2.37. The molecule has 0 atom stereocenters. The molecule has 1 aliphatic rings. The van der Waals surface area contributed by atoms with Crippen molar-refractivity contribution >= 4 is 27.6 Å². The second-order valence-corrected chi connectivity index (χ2v) is 7.83. The maximum absolute atomic E-state index is 12.3. The Labute approximate surface area is 129 Å². The van der Waals surface area contributed by atoms with Crippen LogP contribution in [0.15, 0.2) is 23.1 Å². The minimum absolute atomic E-state index is 0.0167. The lowest BCUT2D eigenvalue weighted by molar-refractivity contribution is -0.141. The van der Waals surface area contributed by atoms with E-state index < -0.39 is 21.4 Å². The molecule has 0 radical (unpaired) electrons. The Bertz CT molecular complexity index is 653. The van der Waals surface area contributed by atoms with E-state index in [0.717, 1.165) is 24.8 Å². The Morgan fingerprint density at radius 2 is 2.10 bits per heavy atom. The predicted octanol–water partition coefficient (Wildman–Crippen LogP) is 2.57. The van der Waals surface area contributed by atoms with E-state index in [1.165, 1.54) is 6.07 Å². The summed E-state index contributed by atoms with van der Waals surface area (Å²) in [6, 6.07) is 4.73. The minimum atomic E-state index is -3.73. The Balaban J connectivity index is 2.12. The molecule has 7 heteroatoms. The number of hydrogen-bond acceptors (Lipinski definition) is 3. The van der Waals surface area contributed by atoms with Gasteiger partial charge in [-0.05, 0) is 42.9 Å². The number of carbonyl (C=O) groups is 1. The topological polar surface area (TPSA) is 83.5 Å². The van der Waals surface area contributed by atoms with Crippen molar-refractivity contribution in [2.45, 2.75) is 37.5 Å². The van der Waals surface area contributed by atoms with Crippen molar-refractivity contribution < 1.29 is 18.3 Å². The first kappa shape index (κ1) is 16.3. The van der Waals surface area contributed by atoms with Gasteiger partial charge in [0.1, 0.15) is 4.90 Å². The second kappa shape index (κ2) is 5.94. The number of sulfonamides is 1. The fourth-order valence-electron chi connectivity index (χ4n) is 2.56. The van der Waals surface area contributed by atoms with Gasteiger partial charge in [-0.15, -0.1) is 0 Å². The molecule has 0 bridgehead atoms. The first-order valence-corrected chi connectivity index (χ1v) is 8.58. The molecule has 21 heavy (non-hydrogen) atoms. The van der Waals surface area contributed by atoms with Crippen molar-refractivity contribution in [3.63, 3.8) is 0 Å². The SMILES string of the molecule is Cc1ccc(S(=O)(=O)NCC2(CC(=O)O)CCC2)c(Cl)c1. The van der Waals surface area contributed by atoms with E-state index in [0.29, 0.717) is 0 Å². The fourth-order valence-corrected chi connectivity index (χ4v) is 4.32. The van der Waals surface area contributed by atoms with Crippen LogP contribution in [-0.4, -0.2) is 26.0 Å². The number of nitrogens with one attached hydrogen (secondary N) is 1.